The maximum Gasteiger partial charge on any atom is 0.321 e. The number of para-hydroxylation sites is 1. The summed E-state index contributed by atoms with van der Waals surface area (Å²) in [4.78, 5) is 37.2. The summed E-state index contributed by atoms with van der Waals surface area (Å²) in [5.74, 6) is -0.0344. The van der Waals surface area contributed by atoms with Crippen molar-refractivity contribution in [1.82, 2.24) is 14.8 Å². The van der Waals surface area contributed by atoms with Crippen LogP contribution in [0, 0.1) is 0 Å². The van der Waals surface area contributed by atoms with Gasteiger partial charge in [-0.2, -0.15) is 0 Å². The smallest absolute Gasteiger partial charge is 0.321 e. The van der Waals surface area contributed by atoms with Gasteiger partial charge in [-0.3, -0.25) is 4.79 Å². The largest absolute Gasteiger partial charge is 0.372 e. The molecule has 0 bridgehead atoms. The normalized spacial score (nSPS) is 13.4. The predicted molar refractivity (Wildman–Crippen MR) is 154 cm³/mol. The molecule has 1 fully saturated rings. The average molecular weight is 508 g/mol. The van der Waals surface area contributed by atoms with Crippen molar-refractivity contribution in [2.24, 2.45) is 0 Å². The number of amides is 3. The van der Waals surface area contributed by atoms with Gasteiger partial charge < -0.3 is 20.0 Å². The predicted octanol–water partition coefficient (Wildman–Crippen LogP) is 5.74. The number of rotatable bonds is 6. The van der Waals surface area contributed by atoms with E-state index in [0.29, 0.717) is 31.7 Å². The Balaban J connectivity index is 1.26. The third-order valence-corrected chi connectivity index (χ3v) is 7.12. The number of nitrogens with zero attached hydrogens (tertiary/aromatic N) is 4. The maximum atomic E-state index is 13.7. The standard InChI is InChI=1S/C31H33N5O2/c1-3-34(4-2)25-16-14-24(15-17-25)32-31(38)36-20-18-35(19-21-36)30(37)27-22-29(23-10-6-5-7-11-23)33-28-13-9-8-12-26(27)28/h5-17,22H,3-4,18-21H2,1-2H3,(H,32,38). The van der Waals surface area contributed by atoms with E-state index >= 15 is 0 Å². The third-order valence-electron chi connectivity index (χ3n) is 7.12. The Hall–Kier alpha value is -4.39. The van der Waals surface area contributed by atoms with Crippen LogP contribution in [0.4, 0.5) is 16.2 Å². The molecule has 0 unspecified atom stereocenters. The first kappa shape index (κ1) is 25.3. The van der Waals surface area contributed by atoms with E-state index in [2.05, 4.69) is 24.1 Å². The molecular formula is C31H33N5O2. The quantitative estimate of drug-likeness (QED) is 0.362. The average Bonchev–Trinajstić information content (AvgIpc) is 2.98. The highest BCUT2D eigenvalue weighted by molar-refractivity contribution is 6.07. The van der Waals surface area contributed by atoms with Gasteiger partial charge in [0.2, 0.25) is 0 Å². The summed E-state index contributed by atoms with van der Waals surface area (Å²) in [6, 6.07) is 27.3. The van der Waals surface area contributed by atoms with E-state index in [0.717, 1.165) is 46.6 Å². The van der Waals surface area contributed by atoms with Crippen molar-refractivity contribution < 1.29 is 9.59 Å². The van der Waals surface area contributed by atoms with Gasteiger partial charge >= 0.3 is 6.03 Å². The van der Waals surface area contributed by atoms with Crippen molar-refractivity contribution >= 4 is 34.2 Å². The van der Waals surface area contributed by atoms with Gasteiger partial charge in [-0.1, -0.05) is 48.5 Å². The summed E-state index contributed by atoms with van der Waals surface area (Å²) < 4.78 is 0. The van der Waals surface area contributed by atoms with E-state index in [9.17, 15) is 9.59 Å². The Morgan fingerprint density at radius 3 is 2.13 bits per heavy atom. The second-order valence-electron chi connectivity index (χ2n) is 9.37. The number of hydrogen-bond acceptors (Lipinski definition) is 4. The minimum absolute atomic E-state index is 0.0344. The Morgan fingerprint density at radius 1 is 0.816 bits per heavy atom. The summed E-state index contributed by atoms with van der Waals surface area (Å²) in [7, 11) is 0. The van der Waals surface area contributed by atoms with Gasteiger partial charge in [0, 0.05) is 61.6 Å². The molecule has 1 aromatic heterocycles. The highest BCUT2D eigenvalue weighted by Crippen LogP contribution is 2.26. The van der Waals surface area contributed by atoms with E-state index in [1.807, 2.05) is 89.8 Å². The molecule has 0 spiro atoms. The molecule has 1 N–H and O–H groups in total. The number of pyridine rings is 1. The van der Waals surface area contributed by atoms with E-state index in [4.69, 9.17) is 4.98 Å². The Bertz CT molecular complexity index is 1410. The third kappa shape index (κ3) is 5.32. The van der Waals surface area contributed by atoms with Gasteiger partial charge in [0.15, 0.2) is 0 Å². The molecule has 3 aromatic carbocycles. The van der Waals surface area contributed by atoms with Crippen LogP contribution in [0.25, 0.3) is 22.2 Å². The molecule has 1 aliphatic heterocycles. The molecule has 0 atom stereocenters. The molecule has 7 nitrogen and oxygen atoms in total. The zero-order valence-electron chi connectivity index (χ0n) is 21.9. The second-order valence-corrected chi connectivity index (χ2v) is 9.37. The first-order valence-corrected chi connectivity index (χ1v) is 13.2. The van der Waals surface area contributed by atoms with E-state index in [-0.39, 0.29) is 11.9 Å². The number of anilines is 2. The molecule has 2 heterocycles. The van der Waals surface area contributed by atoms with Crippen LogP contribution in [0.15, 0.2) is 84.9 Å². The van der Waals surface area contributed by atoms with Crippen LogP contribution < -0.4 is 10.2 Å². The molecule has 1 saturated heterocycles. The van der Waals surface area contributed by atoms with E-state index in [1.165, 1.54) is 0 Å². The number of nitrogens with one attached hydrogen (secondary N) is 1. The summed E-state index contributed by atoms with van der Waals surface area (Å²) >= 11 is 0. The molecular weight excluding hydrogens is 474 g/mol. The van der Waals surface area contributed by atoms with Crippen molar-refractivity contribution in [3.8, 4) is 11.3 Å². The van der Waals surface area contributed by atoms with Crippen molar-refractivity contribution in [3.63, 3.8) is 0 Å². The number of urea groups is 1. The van der Waals surface area contributed by atoms with Crippen LogP contribution in [0.5, 0.6) is 0 Å². The van der Waals surface area contributed by atoms with Crippen LogP contribution in [-0.4, -0.2) is 66.0 Å². The molecule has 5 rings (SSSR count). The Labute approximate surface area is 223 Å². The molecule has 4 aromatic rings. The lowest BCUT2D eigenvalue weighted by Crippen LogP contribution is -2.51. The van der Waals surface area contributed by atoms with Crippen LogP contribution in [0.3, 0.4) is 0 Å². The zero-order valence-corrected chi connectivity index (χ0v) is 21.9. The van der Waals surface area contributed by atoms with Gasteiger partial charge in [-0.15, -0.1) is 0 Å². The molecule has 1 aliphatic rings. The van der Waals surface area contributed by atoms with Gasteiger partial charge in [-0.05, 0) is 50.2 Å². The summed E-state index contributed by atoms with van der Waals surface area (Å²) in [5, 5.41) is 3.83. The first-order chi connectivity index (χ1) is 18.6. The van der Waals surface area contributed by atoms with Crippen LogP contribution in [-0.2, 0) is 0 Å². The number of aromatic nitrogens is 1. The Morgan fingerprint density at radius 2 is 1.45 bits per heavy atom. The molecule has 3 amide bonds. The summed E-state index contributed by atoms with van der Waals surface area (Å²) in [6.07, 6.45) is 0. The molecule has 0 saturated carbocycles. The van der Waals surface area contributed by atoms with Crippen LogP contribution >= 0.6 is 0 Å². The zero-order chi connectivity index (χ0) is 26.5. The molecule has 194 valence electrons. The van der Waals surface area contributed by atoms with Gasteiger partial charge in [0.05, 0.1) is 16.8 Å². The van der Waals surface area contributed by atoms with Crippen LogP contribution in [0.2, 0.25) is 0 Å². The molecule has 7 heteroatoms. The van der Waals surface area contributed by atoms with Gasteiger partial charge in [0.25, 0.3) is 5.91 Å². The topological polar surface area (TPSA) is 68.8 Å². The lowest BCUT2D eigenvalue weighted by Gasteiger charge is -2.35. The van der Waals surface area contributed by atoms with Crippen molar-refractivity contribution in [2.45, 2.75) is 13.8 Å². The number of carbonyl (C=O) groups is 2. The molecule has 0 radical (unpaired) electrons. The van der Waals surface area contributed by atoms with E-state index in [1.54, 1.807) is 4.90 Å². The van der Waals surface area contributed by atoms with Crippen molar-refractivity contribution in [3.05, 3.63) is 90.5 Å². The number of fused-ring (bicyclic) bond motifs is 1. The fraction of sp³-hybridized carbons (Fsp3) is 0.258. The van der Waals surface area contributed by atoms with Crippen molar-refractivity contribution in [1.29, 1.82) is 0 Å². The molecule has 38 heavy (non-hydrogen) atoms. The second kappa shape index (κ2) is 11.3. The van der Waals surface area contributed by atoms with Gasteiger partial charge in [-0.25, -0.2) is 9.78 Å². The highest BCUT2D eigenvalue weighted by atomic mass is 16.2. The summed E-state index contributed by atoms with van der Waals surface area (Å²) in [5.41, 5.74) is 5.08. The minimum atomic E-state index is -0.145. The number of benzene rings is 3. The van der Waals surface area contributed by atoms with Gasteiger partial charge in [0.1, 0.15) is 0 Å². The maximum absolute atomic E-state index is 13.7. The number of piperazine rings is 1. The minimum Gasteiger partial charge on any atom is -0.372 e. The van der Waals surface area contributed by atoms with Crippen molar-refractivity contribution in [2.75, 3.05) is 49.5 Å². The monoisotopic (exact) mass is 507 g/mol. The van der Waals surface area contributed by atoms with Crippen LogP contribution in [0.1, 0.15) is 24.2 Å². The Kier molecular flexibility index (Phi) is 7.54. The molecule has 0 aliphatic carbocycles. The number of hydrogen-bond donors (Lipinski definition) is 1. The SMILES string of the molecule is CCN(CC)c1ccc(NC(=O)N2CCN(C(=O)c3cc(-c4ccccc4)nc4ccccc34)CC2)cc1. The lowest BCUT2D eigenvalue weighted by atomic mass is 10.0. The number of carbonyl (C=O) groups excluding carboxylic acids is 2. The summed E-state index contributed by atoms with van der Waals surface area (Å²) in [6.45, 7) is 8.04. The van der Waals surface area contributed by atoms with E-state index < -0.39 is 0 Å². The highest BCUT2D eigenvalue weighted by Gasteiger charge is 2.26. The fourth-order valence-corrected chi connectivity index (χ4v) is 4.94. The lowest BCUT2D eigenvalue weighted by molar-refractivity contribution is 0.0673. The first-order valence-electron chi connectivity index (χ1n) is 13.2. The fourth-order valence-electron chi connectivity index (χ4n) is 4.94.